The predicted octanol–water partition coefficient (Wildman–Crippen LogP) is 0.565. The first-order valence-corrected chi connectivity index (χ1v) is 12.8. The number of aromatic hydroxyl groups is 1. The molecule has 12 nitrogen and oxygen atoms in total. The monoisotopic (exact) mass is 556 g/mol. The molecule has 5 atom stereocenters. The van der Waals surface area contributed by atoms with Crippen molar-refractivity contribution in [1.29, 1.82) is 0 Å². The van der Waals surface area contributed by atoms with E-state index in [1.165, 1.54) is 12.1 Å². The Bertz CT molecular complexity index is 1170. The second-order valence-electron chi connectivity index (χ2n) is 9.59. The van der Waals surface area contributed by atoms with Gasteiger partial charge in [0.2, 0.25) is 17.7 Å². The standard InChI is InChI=1S/C28H36N4O8/c1-3-16(2)24(29)27(38)31-21(14-18-9-11-19(33)12-10-18)25(36)30-20(13-17-7-5-4-6-8-17)26(37)32-22(28(39)40)15-23(34)35/h4-12,16,20-22,24,33H,3,13-15,29H2,1-2H3,(H,30,36)(H,31,38)(H,32,37)(H,34,35)(H,39,40). The Morgan fingerprint density at radius 1 is 0.750 bits per heavy atom. The highest BCUT2D eigenvalue weighted by Crippen LogP contribution is 2.13. The summed E-state index contributed by atoms with van der Waals surface area (Å²) in [6.07, 6.45) is -0.268. The van der Waals surface area contributed by atoms with Crippen molar-refractivity contribution >= 4 is 29.7 Å². The zero-order valence-electron chi connectivity index (χ0n) is 22.4. The van der Waals surface area contributed by atoms with Gasteiger partial charge < -0.3 is 37.0 Å². The maximum absolute atomic E-state index is 13.5. The Morgan fingerprint density at radius 3 is 1.70 bits per heavy atom. The van der Waals surface area contributed by atoms with Gasteiger partial charge in [0.25, 0.3) is 0 Å². The molecule has 0 aromatic heterocycles. The number of nitrogens with two attached hydrogens (primary N) is 1. The Morgan fingerprint density at radius 2 is 1.23 bits per heavy atom. The van der Waals surface area contributed by atoms with Crippen LogP contribution in [-0.2, 0) is 36.8 Å². The minimum absolute atomic E-state index is 0.00151. The van der Waals surface area contributed by atoms with Crippen LogP contribution in [0.5, 0.6) is 5.75 Å². The molecule has 0 saturated heterocycles. The third-order valence-electron chi connectivity index (χ3n) is 6.48. The number of phenols is 1. The number of aliphatic carboxylic acids is 2. The van der Waals surface area contributed by atoms with Gasteiger partial charge in [-0.3, -0.25) is 19.2 Å². The molecule has 2 rings (SSSR count). The van der Waals surface area contributed by atoms with E-state index in [-0.39, 0.29) is 24.5 Å². The number of amides is 3. The summed E-state index contributed by atoms with van der Waals surface area (Å²) in [5, 5.41) is 35.4. The number of hydrogen-bond donors (Lipinski definition) is 7. The van der Waals surface area contributed by atoms with Crippen LogP contribution in [-0.4, -0.2) is 69.1 Å². The maximum atomic E-state index is 13.5. The van der Waals surface area contributed by atoms with E-state index in [4.69, 9.17) is 10.8 Å². The van der Waals surface area contributed by atoms with Crippen molar-refractivity contribution in [3.8, 4) is 5.75 Å². The molecular weight excluding hydrogens is 520 g/mol. The van der Waals surface area contributed by atoms with Gasteiger partial charge in [-0.25, -0.2) is 4.79 Å². The lowest BCUT2D eigenvalue weighted by atomic mass is 9.98. The van der Waals surface area contributed by atoms with Crippen LogP contribution in [0.4, 0.5) is 0 Å². The van der Waals surface area contributed by atoms with E-state index in [1.54, 1.807) is 49.4 Å². The summed E-state index contributed by atoms with van der Waals surface area (Å²) >= 11 is 0. The largest absolute Gasteiger partial charge is 0.508 e. The number of carbonyl (C=O) groups is 5. The Kier molecular flexibility index (Phi) is 12.1. The van der Waals surface area contributed by atoms with Gasteiger partial charge in [-0.15, -0.1) is 0 Å². The highest BCUT2D eigenvalue weighted by molar-refractivity contribution is 5.95. The average molecular weight is 557 g/mol. The quantitative estimate of drug-likeness (QED) is 0.163. The zero-order chi connectivity index (χ0) is 29.8. The molecule has 0 radical (unpaired) electrons. The second kappa shape index (κ2) is 15.2. The van der Waals surface area contributed by atoms with Crippen LogP contribution in [0.25, 0.3) is 0 Å². The van der Waals surface area contributed by atoms with Gasteiger partial charge in [0.15, 0.2) is 0 Å². The van der Waals surface area contributed by atoms with Gasteiger partial charge in [0, 0.05) is 12.8 Å². The Hall–Kier alpha value is -4.45. The van der Waals surface area contributed by atoms with E-state index >= 15 is 0 Å². The lowest BCUT2D eigenvalue weighted by Gasteiger charge is -2.26. The number of hydrogen-bond acceptors (Lipinski definition) is 7. The number of benzene rings is 2. The van der Waals surface area contributed by atoms with Gasteiger partial charge in [-0.1, -0.05) is 62.7 Å². The van der Waals surface area contributed by atoms with Crippen LogP contribution in [0.15, 0.2) is 54.6 Å². The van der Waals surface area contributed by atoms with Gasteiger partial charge in [-0.2, -0.15) is 0 Å². The maximum Gasteiger partial charge on any atom is 0.326 e. The number of nitrogens with one attached hydrogen (secondary N) is 3. The highest BCUT2D eigenvalue weighted by atomic mass is 16.4. The van der Waals surface area contributed by atoms with Gasteiger partial charge in [0.05, 0.1) is 12.5 Å². The van der Waals surface area contributed by atoms with E-state index in [0.717, 1.165) is 0 Å². The van der Waals surface area contributed by atoms with Crippen molar-refractivity contribution in [1.82, 2.24) is 16.0 Å². The fraction of sp³-hybridized carbons (Fsp3) is 0.393. The van der Waals surface area contributed by atoms with Crippen LogP contribution < -0.4 is 21.7 Å². The highest BCUT2D eigenvalue weighted by Gasteiger charge is 2.32. The summed E-state index contributed by atoms with van der Waals surface area (Å²) in [4.78, 5) is 62.2. The van der Waals surface area contributed by atoms with E-state index in [1.807, 2.05) is 6.92 Å². The van der Waals surface area contributed by atoms with Crippen molar-refractivity contribution in [3.05, 3.63) is 65.7 Å². The van der Waals surface area contributed by atoms with Crippen LogP contribution in [0.1, 0.15) is 37.8 Å². The van der Waals surface area contributed by atoms with E-state index in [9.17, 15) is 34.2 Å². The topological polar surface area (TPSA) is 208 Å². The molecule has 2 aromatic rings. The fourth-order valence-corrected chi connectivity index (χ4v) is 3.84. The molecule has 2 aromatic carbocycles. The molecule has 12 heteroatoms. The summed E-state index contributed by atoms with van der Waals surface area (Å²) in [7, 11) is 0. The van der Waals surface area contributed by atoms with Crippen molar-refractivity contribution in [3.63, 3.8) is 0 Å². The molecule has 0 aliphatic heterocycles. The van der Waals surface area contributed by atoms with Crippen molar-refractivity contribution in [2.75, 3.05) is 0 Å². The van der Waals surface area contributed by atoms with Crippen LogP contribution in [0.3, 0.4) is 0 Å². The molecule has 3 amide bonds. The van der Waals surface area contributed by atoms with Crippen LogP contribution in [0.2, 0.25) is 0 Å². The molecule has 0 aliphatic carbocycles. The predicted molar refractivity (Wildman–Crippen MR) is 145 cm³/mol. The minimum Gasteiger partial charge on any atom is -0.508 e. The summed E-state index contributed by atoms with van der Waals surface area (Å²) in [5.41, 5.74) is 7.31. The summed E-state index contributed by atoms with van der Waals surface area (Å²) in [6, 6.07) is 9.54. The number of carbonyl (C=O) groups excluding carboxylic acids is 3. The lowest BCUT2D eigenvalue weighted by molar-refractivity contribution is -0.147. The SMILES string of the molecule is CCC(C)C(N)C(=O)NC(Cc1ccc(O)cc1)C(=O)NC(Cc1ccccc1)C(=O)NC(CC(=O)O)C(=O)O. The number of carboxylic acids is 2. The smallest absolute Gasteiger partial charge is 0.326 e. The van der Waals surface area contributed by atoms with Gasteiger partial charge >= 0.3 is 11.9 Å². The molecule has 216 valence electrons. The van der Waals surface area contributed by atoms with Crippen molar-refractivity contribution in [2.45, 2.75) is 63.7 Å². The Labute approximate surface area is 232 Å². The van der Waals surface area contributed by atoms with E-state index in [0.29, 0.717) is 17.5 Å². The minimum atomic E-state index is -1.72. The first-order chi connectivity index (χ1) is 18.9. The molecule has 0 heterocycles. The first-order valence-electron chi connectivity index (χ1n) is 12.8. The summed E-state index contributed by atoms with van der Waals surface area (Å²) in [6.45, 7) is 3.68. The van der Waals surface area contributed by atoms with Crippen molar-refractivity contribution in [2.24, 2.45) is 11.7 Å². The van der Waals surface area contributed by atoms with Crippen LogP contribution >= 0.6 is 0 Å². The van der Waals surface area contributed by atoms with Gasteiger partial charge in [0.1, 0.15) is 23.9 Å². The first kappa shape index (κ1) is 31.8. The average Bonchev–Trinajstić information content (AvgIpc) is 2.92. The van der Waals surface area contributed by atoms with Crippen molar-refractivity contribution < 1.29 is 39.3 Å². The third kappa shape index (κ3) is 10.0. The molecule has 0 saturated carbocycles. The normalized spacial score (nSPS) is 14.6. The fourth-order valence-electron chi connectivity index (χ4n) is 3.84. The Balaban J connectivity index is 2.34. The zero-order valence-corrected chi connectivity index (χ0v) is 22.4. The summed E-state index contributed by atoms with van der Waals surface area (Å²) < 4.78 is 0. The summed E-state index contributed by atoms with van der Waals surface area (Å²) in [5.74, 6) is -5.33. The molecule has 8 N–H and O–H groups in total. The number of rotatable bonds is 15. The molecule has 0 aliphatic rings. The number of carboxylic acid groups (broad SMARTS) is 2. The molecule has 5 unspecified atom stereocenters. The molecule has 0 spiro atoms. The van der Waals surface area contributed by atoms with Gasteiger partial charge in [-0.05, 0) is 29.2 Å². The molecule has 0 bridgehead atoms. The van der Waals surface area contributed by atoms with Crippen LogP contribution in [0, 0.1) is 5.92 Å². The lowest BCUT2D eigenvalue weighted by Crippen LogP contribution is -2.58. The molecular formula is C28H36N4O8. The number of phenolic OH excluding ortho intramolecular Hbond substituents is 1. The molecule has 0 fully saturated rings. The second-order valence-corrected chi connectivity index (χ2v) is 9.59. The van der Waals surface area contributed by atoms with E-state index in [2.05, 4.69) is 16.0 Å². The van der Waals surface area contributed by atoms with E-state index < -0.39 is 60.2 Å². The third-order valence-corrected chi connectivity index (χ3v) is 6.48. The molecule has 40 heavy (non-hydrogen) atoms.